The van der Waals surface area contributed by atoms with Crippen LogP contribution < -0.4 is 5.73 Å². The molecular weight excluding hydrogens is 182 g/mol. The number of carbonyl (C=O) groups is 2. The van der Waals surface area contributed by atoms with Gasteiger partial charge in [-0.15, -0.1) is 0 Å². The molecule has 4 heteroatoms. The highest BCUT2D eigenvalue weighted by Gasteiger charge is 2.07. The number of nitrogens with two attached hydrogens (primary N) is 1. The summed E-state index contributed by atoms with van der Waals surface area (Å²) >= 11 is 0. The SMILES string of the molecule is CC(=O)Cc1cc(C(=O)O)ccc1N. The molecule has 0 aliphatic heterocycles. The summed E-state index contributed by atoms with van der Waals surface area (Å²) in [6, 6.07) is 4.35. The number of anilines is 1. The van der Waals surface area contributed by atoms with Gasteiger partial charge in [-0.25, -0.2) is 4.79 Å². The van der Waals surface area contributed by atoms with Crippen LogP contribution in [0.15, 0.2) is 18.2 Å². The Morgan fingerprint density at radius 1 is 1.43 bits per heavy atom. The molecule has 1 aromatic carbocycles. The molecule has 0 aliphatic rings. The molecule has 0 bridgehead atoms. The summed E-state index contributed by atoms with van der Waals surface area (Å²) in [7, 11) is 0. The fraction of sp³-hybridized carbons (Fsp3) is 0.200. The van der Waals surface area contributed by atoms with Gasteiger partial charge in [0.1, 0.15) is 5.78 Å². The standard InChI is InChI=1S/C10H11NO3/c1-6(12)4-8-5-7(10(13)14)2-3-9(8)11/h2-3,5H,4,11H2,1H3,(H,13,14). The van der Waals surface area contributed by atoms with Crippen LogP contribution in [0, 0.1) is 0 Å². The molecule has 1 aromatic rings. The van der Waals surface area contributed by atoms with E-state index < -0.39 is 5.97 Å². The first-order valence-corrected chi connectivity index (χ1v) is 4.12. The molecule has 0 atom stereocenters. The minimum absolute atomic E-state index is 0.0424. The molecule has 0 aromatic heterocycles. The predicted octanol–water partition coefficient (Wildman–Crippen LogP) is 1.10. The molecular formula is C10H11NO3. The summed E-state index contributed by atoms with van der Waals surface area (Å²) in [5, 5.41) is 8.71. The Morgan fingerprint density at radius 2 is 2.07 bits per heavy atom. The lowest BCUT2D eigenvalue weighted by molar-refractivity contribution is -0.116. The van der Waals surface area contributed by atoms with Crippen LogP contribution in [0.1, 0.15) is 22.8 Å². The van der Waals surface area contributed by atoms with E-state index in [0.29, 0.717) is 11.3 Å². The van der Waals surface area contributed by atoms with Crippen molar-refractivity contribution < 1.29 is 14.7 Å². The average molecular weight is 193 g/mol. The van der Waals surface area contributed by atoms with Crippen LogP contribution in [0.3, 0.4) is 0 Å². The van der Waals surface area contributed by atoms with E-state index in [1.54, 1.807) is 0 Å². The largest absolute Gasteiger partial charge is 0.478 e. The molecule has 74 valence electrons. The molecule has 0 fully saturated rings. The van der Waals surface area contributed by atoms with Crippen molar-refractivity contribution in [3.63, 3.8) is 0 Å². The maximum absolute atomic E-state index is 10.8. The third kappa shape index (κ3) is 2.32. The number of hydrogen-bond acceptors (Lipinski definition) is 3. The first kappa shape index (κ1) is 10.2. The van der Waals surface area contributed by atoms with E-state index in [-0.39, 0.29) is 17.8 Å². The topological polar surface area (TPSA) is 80.4 Å². The molecule has 14 heavy (non-hydrogen) atoms. The van der Waals surface area contributed by atoms with Crippen molar-refractivity contribution in [2.45, 2.75) is 13.3 Å². The van der Waals surface area contributed by atoms with Crippen molar-refractivity contribution in [2.24, 2.45) is 0 Å². The lowest BCUT2D eigenvalue weighted by Crippen LogP contribution is -2.04. The second-order valence-electron chi connectivity index (χ2n) is 3.10. The van der Waals surface area contributed by atoms with Crippen LogP contribution in [0.2, 0.25) is 0 Å². The first-order chi connectivity index (χ1) is 6.50. The number of carboxylic acids is 1. The summed E-state index contributed by atoms with van der Waals surface area (Å²) < 4.78 is 0. The molecule has 4 nitrogen and oxygen atoms in total. The van der Waals surface area contributed by atoms with Gasteiger partial charge in [0.25, 0.3) is 0 Å². The normalized spacial score (nSPS) is 9.79. The molecule has 0 aliphatic carbocycles. The minimum atomic E-state index is -1.02. The molecule has 0 heterocycles. The highest BCUT2D eigenvalue weighted by Crippen LogP contribution is 2.15. The highest BCUT2D eigenvalue weighted by molar-refractivity contribution is 5.89. The van der Waals surface area contributed by atoms with Crippen LogP contribution in [0.5, 0.6) is 0 Å². The first-order valence-electron chi connectivity index (χ1n) is 4.12. The van der Waals surface area contributed by atoms with Crippen LogP contribution in [-0.2, 0) is 11.2 Å². The smallest absolute Gasteiger partial charge is 0.335 e. The van der Waals surface area contributed by atoms with Gasteiger partial charge in [-0.2, -0.15) is 0 Å². The third-order valence-electron chi connectivity index (χ3n) is 1.83. The van der Waals surface area contributed by atoms with Gasteiger partial charge in [-0.1, -0.05) is 0 Å². The van der Waals surface area contributed by atoms with E-state index in [1.807, 2.05) is 0 Å². The Bertz CT molecular complexity index is 385. The van der Waals surface area contributed by atoms with Crippen molar-refractivity contribution in [1.29, 1.82) is 0 Å². The summed E-state index contributed by atoms with van der Waals surface area (Å²) in [4.78, 5) is 21.5. The van der Waals surface area contributed by atoms with Gasteiger partial charge < -0.3 is 10.8 Å². The fourth-order valence-corrected chi connectivity index (χ4v) is 1.16. The van der Waals surface area contributed by atoms with E-state index in [9.17, 15) is 9.59 Å². The van der Waals surface area contributed by atoms with Crippen molar-refractivity contribution in [1.82, 2.24) is 0 Å². The molecule has 0 saturated heterocycles. The van der Waals surface area contributed by atoms with E-state index in [0.717, 1.165) is 0 Å². The van der Waals surface area contributed by atoms with E-state index >= 15 is 0 Å². The second-order valence-corrected chi connectivity index (χ2v) is 3.10. The van der Waals surface area contributed by atoms with Gasteiger partial charge in [-0.3, -0.25) is 4.79 Å². The van der Waals surface area contributed by atoms with Crippen molar-refractivity contribution in [3.05, 3.63) is 29.3 Å². The number of benzene rings is 1. The van der Waals surface area contributed by atoms with Crippen molar-refractivity contribution >= 4 is 17.4 Å². The number of aromatic carboxylic acids is 1. The fourth-order valence-electron chi connectivity index (χ4n) is 1.16. The quantitative estimate of drug-likeness (QED) is 0.704. The lowest BCUT2D eigenvalue weighted by atomic mass is 10.0. The highest BCUT2D eigenvalue weighted by atomic mass is 16.4. The number of carbonyl (C=O) groups excluding carboxylic acids is 1. The van der Waals surface area contributed by atoms with Gasteiger partial charge in [-0.05, 0) is 30.7 Å². The predicted molar refractivity (Wildman–Crippen MR) is 52.2 cm³/mol. The van der Waals surface area contributed by atoms with Crippen molar-refractivity contribution in [3.8, 4) is 0 Å². The number of rotatable bonds is 3. The van der Waals surface area contributed by atoms with Crippen LogP contribution in [-0.4, -0.2) is 16.9 Å². The molecule has 0 saturated carbocycles. The number of ketones is 1. The van der Waals surface area contributed by atoms with Crippen LogP contribution in [0.25, 0.3) is 0 Å². The number of hydrogen-bond donors (Lipinski definition) is 2. The van der Waals surface area contributed by atoms with E-state index in [1.165, 1.54) is 25.1 Å². The Morgan fingerprint density at radius 3 is 2.57 bits per heavy atom. The molecule has 0 amide bonds. The van der Waals surface area contributed by atoms with Gasteiger partial charge >= 0.3 is 5.97 Å². The van der Waals surface area contributed by atoms with Gasteiger partial charge in [0.15, 0.2) is 0 Å². The van der Waals surface area contributed by atoms with Gasteiger partial charge in [0.05, 0.1) is 5.56 Å². The zero-order valence-corrected chi connectivity index (χ0v) is 7.78. The van der Waals surface area contributed by atoms with Gasteiger partial charge in [0.2, 0.25) is 0 Å². The Hall–Kier alpha value is -1.84. The average Bonchev–Trinajstić information content (AvgIpc) is 2.07. The monoisotopic (exact) mass is 193 g/mol. The zero-order valence-electron chi connectivity index (χ0n) is 7.78. The van der Waals surface area contributed by atoms with Gasteiger partial charge in [0, 0.05) is 12.1 Å². The van der Waals surface area contributed by atoms with E-state index in [4.69, 9.17) is 10.8 Å². The summed E-state index contributed by atoms with van der Waals surface area (Å²) in [6.45, 7) is 1.44. The molecule has 0 radical (unpaired) electrons. The lowest BCUT2D eigenvalue weighted by Gasteiger charge is -2.04. The third-order valence-corrected chi connectivity index (χ3v) is 1.83. The molecule has 1 rings (SSSR count). The van der Waals surface area contributed by atoms with Crippen LogP contribution in [0.4, 0.5) is 5.69 Å². The minimum Gasteiger partial charge on any atom is -0.478 e. The summed E-state index contributed by atoms with van der Waals surface area (Å²) in [5.41, 5.74) is 6.76. The number of Topliss-reactive ketones (excluding diaryl/α,β-unsaturated/α-hetero) is 1. The summed E-state index contributed by atoms with van der Waals surface area (Å²) in [6.07, 6.45) is 0.174. The molecule has 3 N–H and O–H groups in total. The Balaban J connectivity index is 3.08. The zero-order chi connectivity index (χ0) is 10.7. The maximum atomic E-state index is 10.8. The summed E-state index contributed by atoms with van der Waals surface area (Å²) in [5.74, 6) is -1.06. The Kier molecular flexibility index (Phi) is 2.86. The Labute approximate surface area is 81.3 Å². The molecule has 0 unspecified atom stereocenters. The van der Waals surface area contributed by atoms with E-state index in [2.05, 4.69) is 0 Å². The van der Waals surface area contributed by atoms with Crippen LogP contribution >= 0.6 is 0 Å². The second kappa shape index (κ2) is 3.91. The number of carboxylic acid groups (broad SMARTS) is 1. The molecule has 0 spiro atoms. The number of nitrogen functional groups attached to an aromatic ring is 1. The maximum Gasteiger partial charge on any atom is 0.335 e. The van der Waals surface area contributed by atoms with Crippen molar-refractivity contribution in [2.75, 3.05) is 5.73 Å².